The summed E-state index contributed by atoms with van der Waals surface area (Å²) in [6.07, 6.45) is 2.97. The molecule has 20 heavy (non-hydrogen) atoms. The summed E-state index contributed by atoms with van der Waals surface area (Å²) in [6.45, 7) is 0.180. The summed E-state index contributed by atoms with van der Waals surface area (Å²) in [7, 11) is 1.24. The number of carbonyl (C=O) groups excluding carboxylic acids is 1. The number of hydrogen-bond donors (Lipinski definition) is 0. The van der Waals surface area contributed by atoms with Crippen LogP contribution in [0.5, 0.6) is 0 Å². The van der Waals surface area contributed by atoms with Gasteiger partial charge in [-0.15, -0.1) is 0 Å². The SMILES string of the molecule is COC(=O)c1cc(C#N)c(=O)n(Cc2ccccn2)c1. The topological polar surface area (TPSA) is 85.0 Å². The van der Waals surface area contributed by atoms with Gasteiger partial charge in [-0.25, -0.2) is 4.79 Å². The summed E-state index contributed by atoms with van der Waals surface area (Å²) in [5.41, 5.74) is 0.231. The summed E-state index contributed by atoms with van der Waals surface area (Å²) in [5.74, 6) is -0.601. The Kier molecular flexibility index (Phi) is 3.91. The summed E-state index contributed by atoms with van der Waals surface area (Å²) in [4.78, 5) is 27.7. The number of methoxy groups -OCH3 is 1. The lowest BCUT2D eigenvalue weighted by atomic mass is 10.2. The number of pyridine rings is 2. The van der Waals surface area contributed by atoms with Gasteiger partial charge >= 0.3 is 5.97 Å². The molecular formula is C14H11N3O3. The molecule has 2 heterocycles. The molecule has 0 aliphatic rings. The molecule has 0 N–H and O–H groups in total. The molecule has 0 aliphatic carbocycles. The van der Waals surface area contributed by atoms with Crippen LogP contribution in [0.25, 0.3) is 0 Å². The maximum Gasteiger partial charge on any atom is 0.339 e. The predicted molar refractivity (Wildman–Crippen MR) is 70.1 cm³/mol. The molecule has 6 heteroatoms. The molecule has 0 fully saturated rings. The van der Waals surface area contributed by atoms with Gasteiger partial charge in [0.05, 0.1) is 24.9 Å². The highest BCUT2D eigenvalue weighted by molar-refractivity contribution is 5.89. The van der Waals surface area contributed by atoms with Gasteiger partial charge in [0.2, 0.25) is 0 Å². The van der Waals surface area contributed by atoms with Gasteiger partial charge in [-0.1, -0.05) is 6.07 Å². The van der Waals surface area contributed by atoms with E-state index in [9.17, 15) is 9.59 Å². The third-order valence-electron chi connectivity index (χ3n) is 2.69. The van der Waals surface area contributed by atoms with Crippen LogP contribution in [0.2, 0.25) is 0 Å². The molecule has 0 bridgehead atoms. The monoisotopic (exact) mass is 269 g/mol. The minimum Gasteiger partial charge on any atom is -0.465 e. The molecule has 2 aromatic heterocycles. The molecule has 2 rings (SSSR count). The van der Waals surface area contributed by atoms with Crippen LogP contribution < -0.4 is 5.56 Å². The fourth-order valence-electron chi connectivity index (χ4n) is 1.73. The van der Waals surface area contributed by atoms with Crippen LogP contribution in [0.3, 0.4) is 0 Å². The highest BCUT2D eigenvalue weighted by Crippen LogP contribution is 2.04. The first-order valence-electron chi connectivity index (χ1n) is 5.78. The van der Waals surface area contributed by atoms with Crippen LogP contribution in [-0.4, -0.2) is 22.6 Å². The highest BCUT2D eigenvalue weighted by Gasteiger charge is 2.12. The standard InChI is InChI=1S/C14H11N3O3/c1-20-14(19)11-6-10(7-15)13(18)17(8-11)9-12-4-2-3-5-16-12/h2-6,8H,9H2,1H3. The molecule has 0 unspecified atom stereocenters. The number of nitriles is 1. The molecule has 100 valence electrons. The zero-order valence-corrected chi connectivity index (χ0v) is 10.7. The molecule has 0 aromatic carbocycles. The molecule has 0 saturated carbocycles. The van der Waals surface area contributed by atoms with Gasteiger partial charge in [0.25, 0.3) is 5.56 Å². The summed E-state index contributed by atoms with van der Waals surface area (Å²) >= 11 is 0. The lowest BCUT2D eigenvalue weighted by Crippen LogP contribution is -2.25. The average molecular weight is 269 g/mol. The van der Waals surface area contributed by atoms with Crippen LogP contribution in [0.1, 0.15) is 21.6 Å². The molecule has 0 saturated heterocycles. The third-order valence-corrected chi connectivity index (χ3v) is 2.69. The van der Waals surface area contributed by atoms with Gasteiger partial charge < -0.3 is 9.30 Å². The Labute approximate surface area is 114 Å². The van der Waals surface area contributed by atoms with Gasteiger partial charge in [0, 0.05) is 12.4 Å². The second-order valence-corrected chi connectivity index (χ2v) is 4.00. The number of ether oxygens (including phenoxy) is 1. The molecular weight excluding hydrogens is 258 g/mol. The normalized spacial score (nSPS) is 9.80. The average Bonchev–Trinajstić information content (AvgIpc) is 2.49. The number of nitrogens with zero attached hydrogens (tertiary/aromatic N) is 3. The van der Waals surface area contributed by atoms with E-state index in [2.05, 4.69) is 9.72 Å². The Bertz CT molecular complexity index is 730. The zero-order valence-electron chi connectivity index (χ0n) is 10.7. The van der Waals surface area contributed by atoms with Crippen molar-refractivity contribution < 1.29 is 9.53 Å². The van der Waals surface area contributed by atoms with Crippen LogP contribution in [0.4, 0.5) is 0 Å². The minimum atomic E-state index is -0.601. The van der Waals surface area contributed by atoms with E-state index < -0.39 is 11.5 Å². The first-order chi connectivity index (χ1) is 9.65. The van der Waals surface area contributed by atoms with Crippen molar-refractivity contribution in [3.63, 3.8) is 0 Å². The van der Waals surface area contributed by atoms with E-state index in [1.807, 2.05) is 0 Å². The fraction of sp³-hybridized carbons (Fsp3) is 0.143. The van der Waals surface area contributed by atoms with Crippen LogP contribution in [0.15, 0.2) is 41.5 Å². The number of rotatable bonds is 3. The molecule has 2 aromatic rings. The Morgan fingerprint density at radius 1 is 1.50 bits per heavy atom. The van der Waals surface area contributed by atoms with Crippen molar-refractivity contribution in [2.75, 3.05) is 7.11 Å². The fourth-order valence-corrected chi connectivity index (χ4v) is 1.73. The van der Waals surface area contributed by atoms with Gasteiger partial charge in [0.15, 0.2) is 0 Å². The second kappa shape index (κ2) is 5.80. The van der Waals surface area contributed by atoms with E-state index in [4.69, 9.17) is 5.26 Å². The van der Waals surface area contributed by atoms with Crippen LogP contribution in [0, 0.1) is 11.3 Å². The molecule has 0 atom stereocenters. The molecule has 0 aliphatic heterocycles. The van der Waals surface area contributed by atoms with Crippen molar-refractivity contribution in [2.45, 2.75) is 6.54 Å². The summed E-state index contributed by atoms with van der Waals surface area (Å²) < 4.78 is 5.87. The highest BCUT2D eigenvalue weighted by atomic mass is 16.5. The van der Waals surface area contributed by atoms with Gasteiger partial charge in [0.1, 0.15) is 11.6 Å². The molecule has 0 spiro atoms. The lowest BCUT2D eigenvalue weighted by molar-refractivity contribution is 0.0599. The molecule has 0 radical (unpaired) electrons. The number of esters is 1. The Morgan fingerprint density at radius 2 is 2.30 bits per heavy atom. The Balaban J connectivity index is 2.49. The Morgan fingerprint density at radius 3 is 2.90 bits per heavy atom. The third kappa shape index (κ3) is 2.72. The van der Waals surface area contributed by atoms with Crippen LogP contribution >= 0.6 is 0 Å². The largest absolute Gasteiger partial charge is 0.465 e. The Hall–Kier alpha value is -2.94. The van der Waals surface area contributed by atoms with E-state index in [-0.39, 0.29) is 17.7 Å². The number of carbonyl (C=O) groups is 1. The zero-order chi connectivity index (χ0) is 14.5. The second-order valence-electron chi connectivity index (χ2n) is 4.00. The van der Waals surface area contributed by atoms with E-state index in [1.165, 1.54) is 23.9 Å². The van der Waals surface area contributed by atoms with Gasteiger partial charge in [-0.3, -0.25) is 9.78 Å². The van der Waals surface area contributed by atoms with Crippen molar-refractivity contribution in [3.05, 3.63) is 63.8 Å². The quantitative estimate of drug-likeness (QED) is 0.774. The van der Waals surface area contributed by atoms with Crippen molar-refractivity contribution in [1.82, 2.24) is 9.55 Å². The summed E-state index contributed by atoms with van der Waals surface area (Å²) in [6, 6.07) is 8.31. The van der Waals surface area contributed by atoms with Crippen molar-refractivity contribution in [3.8, 4) is 6.07 Å². The smallest absolute Gasteiger partial charge is 0.339 e. The van der Waals surface area contributed by atoms with Crippen molar-refractivity contribution >= 4 is 5.97 Å². The van der Waals surface area contributed by atoms with E-state index >= 15 is 0 Å². The van der Waals surface area contributed by atoms with Gasteiger partial charge in [-0.2, -0.15) is 5.26 Å². The number of hydrogen-bond acceptors (Lipinski definition) is 5. The van der Waals surface area contributed by atoms with Gasteiger partial charge in [-0.05, 0) is 18.2 Å². The molecule has 0 amide bonds. The maximum absolute atomic E-state index is 12.0. The van der Waals surface area contributed by atoms with E-state index in [0.29, 0.717) is 5.69 Å². The molecule has 6 nitrogen and oxygen atoms in total. The van der Waals surface area contributed by atoms with Crippen LogP contribution in [-0.2, 0) is 11.3 Å². The van der Waals surface area contributed by atoms with E-state index in [1.54, 1.807) is 30.5 Å². The predicted octanol–water partition coefficient (Wildman–Crippen LogP) is 0.950. The first-order valence-corrected chi connectivity index (χ1v) is 5.78. The summed E-state index contributed by atoms with van der Waals surface area (Å²) in [5, 5.41) is 8.96. The van der Waals surface area contributed by atoms with Crippen molar-refractivity contribution in [1.29, 1.82) is 5.26 Å². The number of aromatic nitrogens is 2. The van der Waals surface area contributed by atoms with E-state index in [0.717, 1.165) is 0 Å². The maximum atomic E-state index is 12.0. The minimum absolute atomic E-state index is 0.108. The first kappa shape index (κ1) is 13.5. The lowest BCUT2D eigenvalue weighted by Gasteiger charge is -2.08. The van der Waals surface area contributed by atoms with Crippen molar-refractivity contribution in [2.24, 2.45) is 0 Å².